The minimum absolute atomic E-state index is 0.0438. The van der Waals surface area contributed by atoms with E-state index in [1.807, 2.05) is 35.2 Å². The van der Waals surface area contributed by atoms with Gasteiger partial charge >= 0.3 is 5.97 Å². The number of carbonyl (C=O) groups excluding carboxylic acids is 2. The van der Waals surface area contributed by atoms with Crippen LogP contribution in [0.2, 0.25) is 5.02 Å². The number of ether oxygens (including phenoxy) is 1. The average molecular weight is 558 g/mol. The molecule has 3 aromatic rings. The molecule has 0 aliphatic carbocycles. The van der Waals surface area contributed by atoms with E-state index in [2.05, 4.69) is 10.3 Å². The van der Waals surface area contributed by atoms with E-state index in [9.17, 15) is 18.0 Å². The summed E-state index contributed by atoms with van der Waals surface area (Å²) in [5, 5.41) is 2.70. The highest BCUT2D eigenvalue weighted by molar-refractivity contribution is 7.89. The van der Waals surface area contributed by atoms with Gasteiger partial charge in [0.2, 0.25) is 21.9 Å². The van der Waals surface area contributed by atoms with Crippen molar-refractivity contribution in [2.45, 2.75) is 25.7 Å². The molecule has 200 valence electrons. The number of hydrogen-bond acceptors (Lipinski definition) is 8. The van der Waals surface area contributed by atoms with Gasteiger partial charge in [-0.25, -0.2) is 23.2 Å². The number of anilines is 2. The zero-order chi connectivity index (χ0) is 27.4. The Balaban J connectivity index is 1.57. The van der Waals surface area contributed by atoms with Gasteiger partial charge in [0.1, 0.15) is 5.56 Å². The standard InChI is InChI=1S/C26H28ClN5O5S/c1-4-37-25(34)23-17(2)28-26(30-24(23)19-8-6-5-7-9-19)31-12-14-32(15-13-31)38(35,36)20-10-11-22(21(27)16-20)29-18(3)33/h5-11,16H,4,12-15H2,1-3H3,(H,29,33). The Hall–Kier alpha value is -3.54. The second-order valence-electron chi connectivity index (χ2n) is 8.63. The topological polar surface area (TPSA) is 122 Å². The fourth-order valence-corrected chi connectivity index (χ4v) is 5.92. The van der Waals surface area contributed by atoms with Crippen molar-refractivity contribution in [2.24, 2.45) is 0 Å². The molecule has 0 unspecified atom stereocenters. The lowest BCUT2D eigenvalue weighted by atomic mass is 10.0. The Morgan fingerprint density at radius 2 is 1.74 bits per heavy atom. The number of amides is 1. The van der Waals surface area contributed by atoms with Crippen molar-refractivity contribution in [1.82, 2.24) is 14.3 Å². The molecule has 38 heavy (non-hydrogen) atoms. The van der Waals surface area contributed by atoms with Crippen LogP contribution >= 0.6 is 11.6 Å². The average Bonchev–Trinajstić information content (AvgIpc) is 2.89. The molecule has 0 bridgehead atoms. The third kappa shape index (κ3) is 5.79. The SMILES string of the molecule is CCOC(=O)c1c(C)nc(N2CCN(S(=O)(=O)c3ccc(NC(C)=O)c(Cl)c3)CC2)nc1-c1ccccc1. The van der Waals surface area contributed by atoms with Crippen LogP contribution in [0.5, 0.6) is 0 Å². The van der Waals surface area contributed by atoms with Crippen molar-refractivity contribution in [3.63, 3.8) is 0 Å². The van der Waals surface area contributed by atoms with Gasteiger partial charge in [-0.3, -0.25) is 4.79 Å². The van der Waals surface area contributed by atoms with Crippen molar-refractivity contribution in [3.05, 3.63) is 64.8 Å². The molecule has 1 aromatic heterocycles. The Morgan fingerprint density at radius 3 is 2.34 bits per heavy atom. The van der Waals surface area contributed by atoms with Gasteiger partial charge in [0.25, 0.3) is 0 Å². The van der Waals surface area contributed by atoms with E-state index in [1.165, 1.54) is 29.4 Å². The van der Waals surface area contributed by atoms with Gasteiger partial charge in [-0.2, -0.15) is 4.31 Å². The van der Waals surface area contributed by atoms with Crippen molar-refractivity contribution in [1.29, 1.82) is 0 Å². The Kier molecular flexibility index (Phi) is 8.29. The smallest absolute Gasteiger partial charge is 0.342 e. The molecule has 1 fully saturated rings. The number of piperazine rings is 1. The first kappa shape index (κ1) is 27.5. The molecule has 2 aromatic carbocycles. The minimum atomic E-state index is -3.81. The van der Waals surface area contributed by atoms with Crippen molar-refractivity contribution in [3.8, 4) is 11.3 Å². The fourth-order valence-electron chi connectivity index (χ4n) is 4.18. The first-order valence-electron chi connectivity index (χ1n) is 12.0. The van der Waals surface area contributed by atoms with Crippen LogP contribution in [0.1, 0.15) is 29.9 Å². The molecule has 1 amide bonds. The molecule has 1 saturated heterocycles. The van der Waals surface area contributed by atoms with Gasteiger partial charge in [0, 0.05) is 38.7 Å². The Labute approximate surface area is 226 Å². The van der Waals surface area contributed by atoms with E-state index in [0.717, 1.165) is 5.56 Å². The number of nitrogens with one attached hydrogen (secondary N) is 1. The number of carbonyl (C=O) groups is 2. The van der Waals surface area contributed by atoms with E-state index in [4.69, 9.17) is 21.3 Å². The highest BCUT2D eigenvalue weighted by Gasteiger charge is 2.31. The van der Waals surface area contributed by atoms with E-state index < -0.39 is 16.0 Å². The molecule has 0 spiro atoms. The summed E-state index contributed by atoms with van der Waals surface area (Å²) in [6, 6.07) is 13.6. The van der Waals surface area contributed by atoms with Crippen LogP contribution in [0.25, 0.3) is 11.3 Å². The third-order valence-electron chi connectivity index (χ3n) is 6.02. The lowest BCUT2D eigenvalue weighted by Gasteiger charge is -2.34. The van der Waals surface area contributed by atoms with Crippen LogP contribution < -0.4 is 10.2 Å². The van der Waals surface area contributed by atoms with Crippen molar-refractivity contribution < 1.29 is 22.7 Å². The number of halogens is 1. The van der Waals surface area contributed by atoms with Gasteiger partial charge in [0.05, 0.1) is 33.6 Å². The van der Waals surface area contributed by atoms with Crippen LogP contribution in [0.4, 0.5) is 11.6 Å². The first-order valence-corrected chi connectivity index (χ1v) is 13.9. The zero-order valence-electron chi connectivity index (χ0n) is 21.3. The lowest BCUT2D eigenvalue weighted by Crippen LogP contribution is -2.49. The van der Waals surface area contributed by atoms with Gasteiger partial charge in [-0.1, -0.05) is 41.9 Å². The number of rotatable bonds is 7. The summed E-state index contributed by atoms with van der Waals surface area (Å²) in [4.78, 5) is 35.3. The van der Waals surface area contributed by atoms with Gasteiger partial charge in [-0.15, -0.1) is 0 Å². The van der Waals surface area contributed by atoms with Crippen LogP contribution in [0, 0.1) is 6.92 Å². The zero-order valence-corrected chi connectivity index (χ0v) is 22.8. The molecular weight excluding hydrogens is 530 g/mol. The van der Waals surface area contributed by atoms with Crippen LogP contribution in [-0.2, 0) is 19.6 Å². The van der Waals surface area contributed by atoms with E-state index >= 15 is 0 Å². The number of aryl methyl sites for hydroxylation is 1. The number of aromatic nitrogens is 2. The maximum atomic E-state index is 13.3. The number of benzene rings is 2. The van der Waals surface area contributed by atoms with Gasteiger partial charge in [0.15, 0.2) is 0 Å². The predicted octanol–water partition coefficient (Wildman–Crippen LogP) is 3.75. The summed E-state index contributed by atoms with van der Waals surface area (Å²) < 4.78 is 33.2. The second kappa shape index (κ2) is 11.5. The number of esters is 1. The molecule has 12 heteroatoms. The van der Waals surface area contributed by atoms with Crippen LogP contribution in [0.3, 0.4) is 0 Å². The molecular formula is C26H28ClN5O5S. The molecule has 1 aliphatic rings. The van der Waals surface area contributed by atoms with Crippen molar-refractivity contribution in [2.75, 3.05) is 43.0 Å². The number of nitrogens with zero attached hydrogens (tertiary/aromatic N) is 4. The second-order valence-corrected chi connectivity index (χ2v) is 11.0. The monoisotopic (exact) mass is 557 g/mol. The Morgan fingerprint density at radius 1 is 1.05 bits per heavy atom. The molecule has 1 aliphatic heterocycles. The maximum absolute atomic E-state index is 13.3. The summed E-state index contributed by atoms with van der Waals surface area (Å²) >= 11 is 6.20. The predicted molar refractivity (Wildman–Crippen MR) is 145 cm³/mol. The lowest BCUT2D eigenvalue weighted by molar-refractivity contribution is -0.114. The number of hydrogen-bond donors (Lipinski definition) is 1. The maximum Gasteiger partial charge on any atom is 0.342 e. The molecule has 4 rings (SSSR count). The summed E-state index contributed by atoms with van der Waals surface area (Å²) in [7, 11) is -3.81. The van der Waals surface area contributed by atoms with Gasteiger partial charge in [-0.05, 0) is 32.0 Å². The molecule has 0 radical (unpaired) electrons. The molecule has 1 N–H and O–H groups in total. The van der Waals surface area contributed by atoms with E-state index in [1.54, 1.807) is 13.8 Å². The van der Waals surface area contributed by atoms with E-state index in [-0.39, 0.29) is 35.5 Å². The third-order valence-corrected chi connectivity index (χ3v) is 8.22. The molecule has 0 saturated carbocycles. The number of sulfonamides is 1. The summed E-state index contributed by atoms with van der Waals surface area (Å²) in [5.41, 5.74) is 2.36. The van der Waals surface area contributed by atoms with Gasteiger partial charge < -0.3 is 15.0 Å². The molecule has 0 atom stereocenters. The fraction of sp³-hybridized carbons (Fsp3) is 0.308. The molecule has 10 nitrogen and oxygen atoms in total. The normalized spacial score (nSPS) is 14.3. The van der Waals surface area contributed by atoms with Crippen LogP contribution in [0.15, 0.2) is 53.4 Å². The highest BCUT2D eigenvalue weighted by atomic mass is 35.5. The largest absolute Gasteiger partial charge is 0.462 e. The quantitative estimate of drug-likeness (QED) is 0.436. The van der Waals surface area contributed by atoms with Crippen LogP contribution in [-0.4, -0.2) is 67.4 Å². The molecule has 2 heterocycles. The minimum Gasteiger partial charge on any atom is -0.462 e. The summed E-state index contributed by atoms with van der Waals surface area (Å²) in [6.45, 7) is 6.16. The summed E-state index contributed by atoms with van der Waals surface area (Å²) in [6.07, 6.45) is 0. The first-order chi connectivity index (χ1) is 18.1. The van der Waals surface area contributed by atoms with E-state index in [0.29, 0.717) is 41.7 Å². The Bertz CT molecular complexity index is 1460. The summed E-state index contributed by atoms with van der Waals surface area (Å²) in [5.74, 6) is -0.384. The van der Waals surface area contributed by atoms with Crippen molar-refractivity contribution >= 4 is 45.1 Å². The highest BCUT2D eigenvalue weighted by Crippen LogP contribution is 2.29.